The van der Waals surface area contributed by atoms with Crippen molar-refractivity contribution in [3.05, 3.63) is 0 Å². The van der Waals surface area contributed by atoms with Gasteiger partial charge in [0.15, 0.2) is 5.78 Å². The highest BCUT2D eigenvalue weighted by Crippen LogP contribution is 2.32. The number of ketones is 1. The third-order valence-corrected chi connectivity index (χ3v) is 3.77. The van der Waals surface area contributed by atoms with Crippen molar-refractivity contribution < 1.29 is 22.5 Å². The first-order valence-electron chi connectivity index (χ1n) is 4.52. The SMILES string of the molecule is C#CCOC1(S(=O)(=O)O)CCCCC1=O. The highest BCUT2D eigenvalue weighted by atomic mass is 32.2. The average Bonchev–Trinajstić information content (AvgIpc) is 2.15. The van der Waals surface area contributed by atoms with Crippen LogP contribution in [0.1, 0.15) is 25.7 Å². The zero-order valence-electron chi connectivity index (χ0n) is 8.10. The van der Waals surface area contributed by atoms with Gasteiger partial charge in [0.25, 0.3) is 4.93 Å². The number of ether oxygens (including phenoxy) is 1. The van der Waals surface area contributed by atoms with Crippen LogP contribution in [0.3, 0.4) is 0 Å². The fourth-order valence-electron chi connectivity index (χ4n) is 1.63. The zero-order valence-corrected chi connectivity index (χ0v) is 8.92. The molecular weight excluding hydrogens is 220 g/mol. The molecular formula is C9H12O5S. The van der Waals surface area contributed by atoms with Crippen LogP contribution in [0.25, 0.3) is 0 Å². The number of hydrogen-bond acceptors (Lipinski definition) is 4. The minimum Gasteiger partial charge on any atom is -0.338 e. The molecule has 15 heavy (non-hydrogen) atoms. The summed E-state index contributed by atoms with van der Waals surface area (Å²) in [4.78, 5) is 9.41. The van der Waals surface area contributed by atoms with Crippen molar-refractivity contribution in [2.45, 2.75) is 30.6 Å². The second kappa shape index (κ2) is 4.31. The molecule has 1 N–H and O–H groups in total. The van der Waals surface area contributed by atoms with Crippen molar-refractivity contribution >= 4 is 15.9 Å². The summed E-state index contributed by atoms with van der Waals surface area (Å²) in [5, 5.41) is 0. The molecule has 1 saturated carbocycles. The molecule has 1 atom stereocenters. The highest BCUT2D eigenvalue weighted by molar-refractivity contribution is 7.88. The van der Waals surface area contributed by atoms with Gasteiger partial charge in [-0.1, -0.05) is 5.92 Å². The normalized spacial score (nSPS) is 27.3. The first-order chi connectivity index (χ1) is 6.94. The molecule has 0 aromatic rings. The number of hydrogen-bond donors (Lipinski definition) is 1. The van der Waals surface area contributed by atoms with E-state index in [1.54, 1.807) is 0 Å². The minimum absolute atomic E-state index is 0.0354. The third kappa shape index (κ3) is 2.20. The van der Waals surface area contributed by atoms with E-state index in [-0.39, 0.29) is 19.4 Å². The molecule has 0 heterocycles. The van der Waals surface area contributed by atoms with Gasteiger partial charge in [-0.25, -0.2) is 0 Å². The molecule has 0 saturated heterocycles. The Morgan fingerprint density at radius 2 is 2.20 bits per heavy atom. The average molecular weight is 232 g/mol. The maximum atomic E-state index is 11.5. The van der Waals surface area contributed by atoms with E-state index in [4.69, 9.17) is 15.7 Å². The topological polar surface area (TPSA) is 80.7 Å². The number of Topliss-reactive ketones (excluding diaryl/α,β-unsaturated/α-hetero) is 1. The Hall–Kier alpha value is -0.900. The van der Waals surface area contributed by atoms with Gasteiger partial charge in [0.2, 0.25) is 0 Å². The molecule has 1 aliphatic carbocycles. The van der Waals surface area contributed by atoms with Gasteiger partial charge in [-0.05, 0) is 12.8 Å². The Bertz CT molecular complexity index is 391. The molecule has 0 spiro atoms. The van der Waals surface area contributed by atoms with Crippen molar-refractivity contribution in [3.8, 4) is 12.3 Å². The maximum Gasteiger partial charge on any atom is 0.302 e. The summed E-state index contributed by atoms with van der Waals surface area (Å²) in [6.45, 7) is -0.314. The monoisotopic (exact) mass is 232 g/mol. The Morgan fingerprint density at radius 3 is 2.67 bits per heavy atom. The number of carbonyl (C=O) groups is 1. The molecule has 0 bridgehead atoms. The second-order valence-electron chi connectivity index (χ2n) is 3.35. The molecule has 1 aliphatic rings. The summed E-state index contributed by atoms with van der Waals surface area (Å²) in [7, 11) is -4.58. The molecule has 0 aromatic heterocycles. The molecule has 1 fully saturated rings. The molecule has 6 heteroatoms. The predicted molar refractivity (Wildman–Crippen MR) is 52.5 cm³/mol. The van der Waals surface area contributed by atoms with Gasteiger partial charge < -0.3 is 4.74 Å². The summed E-state index contributed by atoms with van der Waals surface area (Å²) < 4.78 is 36.3. The van der Waals surface area contributed by atoms with E-state index in [1.807, 2.05) is 0 Å². The van der Waals surface area contributed by atoms with E-state index in [1.165, 1.54) is 0 Å². The minimum atomic E-state index is -4.58. The highest BCUT2D eigenvalue weighted by Gasteiger charge is 2.51. The van der Waals surface area contributed by atoms with Crippen LogP contribution in [0.5, 0.6) is 0 Å². The fraction of sp³-hybridized carbons (Fsp3) is 0.667. The van der Waals surface area contributed by atoms with Gasteiger partial charge in [0.1, 0.15) is 6.61 Å². The summed E-state index contributed by atoms with van der Waals surface area (Å²) in [5.74, 6) is 1.46. The van der Waals surface area contributed by atoms with E-state index in [0.717, 1.165) is 0 Å². The van der Waals surface area contributed by atoms with E-state index in [0.29, 0.717) is 12.8 Å². The Kier molecular flexibility index (Phi) is 3.50. The molecule has 0 aromatic carbocycles. The van der Waals surface area contributed by atoms with Crippen molar-refractivity contribution in [2.24, 2.45) is 0 Å². The van der Waals surface area contributed by atoms with Gasteiger partial charge in [0, 0.05) is 12.8 Å². The lowest BCUT2D eigenvalue weighted by molar-refractivity contribution is -0.137. The standard InChI is InChI=1S/C9H12O5S/c1-2-7-14-9(15(11,12)13)6-4-3-5-8(9)10/h1H,3-7H2,(H,11,12,13). The van der Waals surface area contributed by atoms with E-state index < -0.39 is 20.8 Å². The van der Waals surface area contributed by atoms with Gasteiger partial charge in [-0.15, -0.1) is 6.42 Å². The van der Waals surface area contributed by atoms with Crippen LogP contribution in [0, 0.1) is 12.3 Å². The Balaban J connectivity index is 3.06. The predicted octanol–water partition coefficient (Wildman–Crippen LogP) is 0.363. The van der Waals surface area contributed by atoms with Gasteiger partial charge >= 0.3 is 10.1 Å². The van der Waals surface area contributed by atoms with Gasteiger partial charge in [-0.2, -0.15) is 8.42 Å². The summed E-state index contributed by atoms with van der Waals surface area (Å²) in [6.07, 6.45) is 6.10. The zero-order chi connectivity index (χ0) is 11.5. The lowest BCUT2D eigenvalue weighted by Crippen LogP contribution is -2.50. The van der Waals surface area contributed by atoms with Gasteiger partial charge in [0.05, 0.1) is 0 Å². The van der Waals surface area contributed by atoms with Crippen LogP contribution in [0.2, 0.25) is 0 Å². The van der Waals surface area contributed by atoms with Gasteiger partial charge in [-0.3, -0.25) is 9.35 Å². The van der Waals surface area contributed by atoms with Crippen molar-refractivity contribution in [3.63, 3.8) is 0 Å². The molecule has 0 aliphatic heterocycles. The molecule has 1 unspecified atom stereocenters. The third-order valence-electron chi connectivity index (χ3n) is 2.39. The Morgan fingerprint density at radius 1 is 1.53 bits per heavy atom. The Labute approximate surface area is 88.6 Å². The van der Waals surface area contributed by atoms with Crippen LogP contribution < -0.4 is 0 Å². The van der Waals surface area contributed by atoms with Crippen LogP contribution >= 0.6 is 0 Å². The summed E-state index contributed by atoms with van der Waals surface area (Å²) >= 11 is 0. The summed E-state index contributed by atoms with van der Waals surface area (Å²) in [5.41, 5.74) is 0. The quantitative estimate of drug-likeness (QED) is 0.561. The first kappa shape index (κ1) is 12.2. The van der Waals surface area contributed by atoms with Crippen LogP contribution in [0.4, 0.5) is 0 Å². The molecule has 0 radical (unpaired) electrons. The second-order valence-corrected chi connectivity index (χ2v) is 4.96. The lowest BCUT2D eigenvalue weighted by atomic mass is 9.95. The van der Waals surface area contributed by atoms with E-state index in [9.17, 15) is 13.2 Å². The number of terminal acetylenes is 1. The number of rotatable bonds is 3. The molecule has 5 nitrogen and oxygen atoms in total. The van der Waals surface area contributed by atoms with Crippen LogP contribution in [0.15, 0.2) is 0 Å². The lowest BCUT2D eigenvalue weighted by Gasteiger charge is -2.31. The van der Waals surface area contributed by atoms with E-state index >= 15 is 0 Å². The first-order valence-corrected chi connectivity index (χ1v) is 5.96. The number of carbonyl (C=O) groups excluding carboxylic acids is 1. The maximum absolute atomic E-state index is 11.5. The summed E-state index contributed by atoms with van der Waals surface area (Å²) in [6, 6.07) is 0. The largest absolute Gasteiger partial charge is 0.338 e. The van der Waals surface area contributed by atoms with Crippen molar-refractivity contribution in [1.29, 1.82) is 0 Å². The van der Waals surface area contributed by atoms with E-state index in [2.05, 4.69) is 5.92 Å². The molecule has 1 rings (SSSR count). The molecule has 84 valence electrons. The smallest absolute Gasteiger partial charge is 0.302 e. The molecule has 0 amide bonds. The fourth-order valence-corrected chi connectivity index (χ4v) is 2.63. The van der Waals surface area contributed by atoms with Crippen LogP contribution in [-0.4, -0.2) is 30.3 Å². The van der Waals surface area contributed by atoms with Crippen molar-refractivity contribution in [1.82, 2.24) is 0 Å². The van der Waals surface area contributed by atoms with Crippen molar-refractivity contribution in [2.75, 3.05) is 6.61 Å². The van der Waals surface area contributed by atoms with Crippen LogP contribution in [-0.2, 0) is 19.6 Å².